The zero-order valence-corrected chi connectivity index (χ0v) is 8.25. The van der Waals surface area contributed by atoms with Crippen LogP contribution in [-0.4, -0.2) is 30.0 Å². The molecule has 1 fully saturated rings. The third kappa shape index (κ3) is 2.44. The van der Waals surface area contributed by atoms with Gasteiger partial charge >= 0.3 is 0 Å². The molecule has 15 heavy (non-hydrogen) atoms. The molecule has 5 heteroatoms. The Morgan fingerprint density at radius 2 is 2.33 bits per heavy atom. The zero-order chi connectivity index (χ0) is 10.7. The molecule has 1 amide bonds. The Balaban J connectivity index is 2.04. The van der Waals surface area contributed by atoms with Crippen LogP contribution in [0.5, 0.6) is 0 Å². The Labute approximate surface area is 86.9 Å². The first kappa shape index (κ1) is 9.92. The van der Waals surface area contributed by atoms with E-state index in [0.29, 0.717) is 5.69 Å². The van der Waals surface area contributed by atoms with E-state index in [1.807, 2.05) is 0 Å². The van der Waals surface area contributed by atoms with Gasteiger partial charge in [0.25, 0.3) is 5.91 Å². The third-order valence-electron chi connectivity index (χ3n) is 2.41. The fourth-order valence-corrected chi connectivity index (χ4v) is 1.62. The first-order valence-corrected chi connectivity index (χ1v) is 4.96. The minimum Gasteiger partial charge on any atom is -0.347 e. The van der Waals surface area contributed by atoms with Crippen LogP contribution in [0.1, 0.15) is 16.9 Å². The van der Waals surface area contributed by atoms with E-state index in [2.05, 4.69) is 15.6 Å². The lowest BCUT2D eigenvalue weighted by atomic mass is 10.2. The molecular formula is C10H13N3O2. The van der Waals surface area contributed by atoms with Crippen molar-refractivity contribution >= 4 is 5.91 Å². The minimum absolute atomic E-state index is 0.168. The smallest absolute Gasteiger partial charge is 0.268 e. The van der Waals surface area contributed by atoms with E-state index in [9.17, 15) is 9.59 Å². The average molecular weight is 207 g/mol. The average Bonchev–Trinajstić information content (AvgIpc) is 2.70. The Hall–Kier alpha value is -1.62. The van der Waals surface area contributed by atoms with Crippen molar-refractivity contribution in [3.05, 3.63) is 34.2 Å². The van der Waals surface area contributed by atoms with Crippen LogP contribution in [0.25, 0.3) is 0 Å². The summed E-state index contributed by atoms with van der Waals surface area (Å²) in [6.07, 6.45) is 0.933. The number of nitrogens with one attached hydrogen (secondary N) is 3. The number of pyridine rings is 1. The molecule has 80 valence electrons. The van der Waals surface area contributed by atoms with E-state index in [4.69, 9.17) is 0 Å². The number of carbonyl (C=O) groups excluding carboxylic acids is 1. The SMILES string of the molecule is O=C(NC1CCNC1)c1cccc(=O)[nH]1. The van der Waals surface area contributed by atoms with Gasteiger partial charge in [-0.05, 0) is 19.0 Å². The van der Waals surface area contributed by atoms with E-state index in [1.54, 1.807) is 12.1 Å². The van der Waals surface area contributed by atoms with Crippen molar-refractivity contribution in [1.82, 2.24) is 15.6 Å². The fourth-order valence-electron chi connectivity index (χ4n) is 1.62. The molecule has 1 aromatic heterocycles. The summed E-state index contributed by atoms with van der Waals surface area (Å²) in [4.78, 5) is 25.1. The molecule has 0 radical (unpaired) electrons. The monoisotopic (exact) mass is 207 g/mol. The van der Waals surface area contributed by atoms with Gasteiger partial charge in [0.2, 0.25) is 5.56 Å². The highest BCUT2D eigenvalue weighted by atomic mass is 16.2. The van der Waals surface area contributed by atoms with Crippen LogP contribution in [0.3, 0.4) is 0 Å². The maximum atomic E-state index is 11.6. The second kappa shape index (κ2) is 4.27. The molecule has 1 aromatic rings. The molecule has 1 atom stereocenters. The summed E-state index contributed by atoms with van der Waals surface area (Å²) >= 11 is 0. The number of hydrogen-bond acceptors (Lipinski definition) is 3. The highest BCUT2D eigenvalue weighted by Crippen LogP contribution is 1.99. The van der Waals surface area contributed by atoms with Crippen molar-refractivity contribution in [2.75, 3.05) is 13.1 Å². The summed E-state index contributed by atoms with van der Waals surface area (Å²) in [5.41, 5.74) is 0.0570. The van der Waals surface area contributed by atoms with Gasteiger partial charge in [0, 0.05) is 18.7 Å². The van der Waals surface area contributed by atoms with Gasteiger partial charge in [0.15, 0.2) is 0 Å². The molecule has 0 spiro atoms. The molecule has 1 unspecified atom stereocenters. The molecule has 5 nitrogen and oxygen atoms in total. The number of H-pyrrole nitrogens is 1. The van der Waals surface area contributed by atoms with Gasteiger partial charge < -0.3 is 15.6 Å². The van der Waals surface area contributed by atoms with Crippen LogP contribution in [0, 0.1) is 0 Å². The van der Waals surface area contributed by atoms with Gasteiger partial charge in [-0.15, -0.1) is 0 Å². The molecule has 3 N–H and O–H groups in total. The Kier molecular flexibility index (Phi) is 2.82. The lowest BCUT2D eigenvalue weighted by Crippen LogP contribution is -2.37. The van der Waals surface area contributed by atoms with Crippen LogP contribution in [0.15, 0.2) is 23.0 Å². The van der Waals surface area contributed by atoms with Crippen molar-refractivity contribution in [1.29, 1.82) is 0 Å². The summed E-state index contributed by atoms with van der Waals surface area (Å²) in [6.45, 7) is 1.72. The molecule has 1 saturated heterocycles. The molecule has 0 saturated carbocycles. The van der Waals surface area contributed by atoms with Crippen LogP contribution in [-0.2, 0) is 0 Å². The van der Waals surface area contributed by atoms with Crippen molar-refractivity contribution in [2.45, 2.75) is 12.5 Å². The fraction of sp³-hybridized carbons (Fsp3) is 0.400. The Morgan fingerprint density at radius 1 is 1.47 bits per heavy atom. The zero-order valence-electron chi connectivity index (χ0n) is 8.25. The Morgan fingerprint density at radius 3 is 3.00 bits per heavy atom. The molecule has 1 aliphatic heterocycles. The number of amides is 1. The summed E-state index contributed by atoms with van der Waals surface area (Å²) in [7, 11) is 0. The van der Waals surface area contributed by atoms with Gasteiger partial charge in [0.05, 0.1) is 0 Å². The summed E-state index contributed by atoms with van der Waals surface area (Å²) in [5, 5.41) is 6.00. The molecule has 0 aliphatic carbocycles. The van der Waals surface area contributed by atoms with Gasteiger partial charge in [-0.2, -0.15) is 0 Å². The predicted octanol–water partition coefficient (Wildman–Crippen LogP) is -0.533. The summed E-state index contributed by atoms with van der Waals surface area (Å²) in [6, 6.07) is 4.72. The van der Waals surface area contributed by atoms with E-state index in [0.717, 1.165) is 19.5 Å². The second-order valence-electron chi connectivity index (χ2n) is 3.59. The molecule has 0 aromatic carbocycles. The topological polar surface area (TPSA) is 74.0 Å². The summed E-state index contributed by atoms with van der Waals surface area (Å²) in [5.74, 6) is -0.221. The molecular weight excluding hydrogens is 194 g/mol. The Bertz CT molecular complexity index is 407. The van der Waals surface area contributed by atoms with E-state index >= 15 is 0 Å². The van der Waals surface area contributed by atoms with E-state index in [-0.39, 0.29) is 17.5 Å². The van der Waals surface area contributed by atoms with Gasteiger partial charge in [-0.25, -0.2) is 0 Å². The molecule has 1 aliphatic rings. The van der Waals surface area contributed by atoms with Gasteiger partial charge in [0.1, 0.15) is 5.69 Å². The minimum atomic E-state index is -0.257. The van der Waals surface area contributed by atoms with Crippen LogP contribution < -0.4 is 16.2 Å². The van der Waals surface area contributed by atoms with Crippen molar-refractivity contribution in [3.63, 3.8) is 0 Å². The number of rotatable bonds is 2. The second-order valence-corrected chi connectivity index (χ2v) is 3.59. The highest BCUT2D eigenvalue weighted by Gasteiger charge is 2.17. The molecule has 2 rings (SSSR count). The first-order valence-electron chi connectivity index (χ1n) is 4.96. The highest BCUT2D eigenvalue weighted by molar-refractivity contribution is 5.92. The number of aromatic nitrogens is 1. The number of hydrogen-bond donors (Lipinski definition) is 3. The normalized spacial score (nSPS) is 20.1. The van der Waals surface area contributed by atoms with Crippen LogP contribution in [0.4, 0.5) is 0 Å². The van der Waals surface area contributed by atoms with E-state index < -0.39 is 0 Å². The first-order chi connectivity index (χ1) is 7.25. The largest absolute Gasteiger partial charge is 0.347 e. The van der Waals surface area contributed by atoms with Crippen molar-refractivity contribution < 1.29 is 4.79 Å². The van der Waals surface area contributed by atoms with Crippen LogP contribution >= 0.6 is 0 Å². The van der Waals surface area contributed by atoms with Crippen molar-refractivity contribution in [2.24, 2.45) is 0 Å². The lowest BCUT2D eigenvalue weighted by Gasteiger charge is -2.10. The van der Waals surface area contributed by atoms with Gasteiger partial charge in [-0.1, -0.05) is 6.07 Å². The van der Waals surface area contributed by atoms with Gasteiger partial charge in [-0.3, -0.25) is 9.59 Å². The summed E-state index contributed by atoms with van der Waals surface area (Å²) < 4.78 is 0. The number of aromatic amines is 1. The van der Waals surface area contributed by atoms with Crippen molar-refractivity contribution in [3.8, 4) is 0 Å². The maximum Gasteiger partial charge on any atom is 0.268 e. The quantitative estimate of drug-likeness (QED) is 0.610. The van der Waals surface area contributed by atoms with E-state index in [1.165, 1.54) is 6.07 Å². The predicted molar refractivity (Wildman–Crippen MR) is 55.8 cm³/mol. The third-order valence-corrected chi connectivity index (χ3v) is 2.41. The lowest BCUT2D eigenvalue weighted by molar-refractivity contribution is 0.0935. The molecule has 2 heterocycles. The molecule has 0 bridgehead atoms. The van der Waals surface area contributed by atoms with Crippen LogP contribution in [0.2, 0.25) is 0 Å². The number of carbonyl (C=O) groups is 1. The maximum absolute atomic E-state index is 11.6. The standard InChI is InChI=1S/C10H13N3O2/c14-9-3-1-2-8(13-9)10(15)12-7-4-5-11-6-7/h1-3,7,11H,4-6H2,(H,12,15)(H,13,14).